The van der Waals surface area contributed by atoms with Gasteiger partial charge in [-0.25, -0.2) is 9.79 Å². The van der Waals surface area contributed by atoms with Gasteiger partial charge in [0.15, 0.2) is 6.73 Å². The molecule has 0 aliphatic carbocycles. The predicted molar refractivity (Wildman–Crippen MR) is 38.2 cm³/mol. The smallest absolute Gasteiger partial charge is 0.176 e. The van der Waals surface area contributed by atoms with Crippen LogP contribution in [0.5, 0.6) is 0 Å². The lowest BCUT2D eigenvalue weighted by molar-refractivity contribution is 0.110. The molecule has 0 bridgehead atoms. The highest BCUT2D eigenvalue weighted by molar-refractivity contribution is 5.73. The lowest BCUT2D eigenvalue weighted by Gasteiger charge is -1.90. The molecule has 0 aliphatic heterocycles. The van der Waals surface area contributed by atoms with Gasteiger partial charge in [0.1, 0.15) is 5.52 Å². The van der Waals surface area contributed by atoms with Gasteiger partial charge < -0.3 is 0 Å². The fraction of sp³-hybridized carbons (Fsp3) is 0.143. The van der Waals surface area contributed by atoms with Gasteiger partial charge in [0, 0.05) is 0 Å². The summed E-state index contributed by atoms with van der Waals surface area (Å²) in [4.78, 5) is 0. The van der Waals surface area contributed by atoms with Gasteiger partial charge in [0.25, 0.3) is 0 Å². The van der Waals surface area contributed by atoms with Gasteiger partial charge in [0.05, 0.1) is 5.52 Å². The van der Waals surface area contributed by atoms with E-state index in [-0.39, 0.29) is 6.73 Å². The van der Waals surface area contributed by atoms with Crippen LogP contribution >= 0.6 is 0 Å². The molecule has 2 rings (SSSR count). The molecule has 0 unspecified atom stereocenters. The number of hydrogen-bond acceptors (Lipinski definition) is 2. The maximum atomic E-state index is 10.5. The van der Waals surface area contributed by atoms with Crippen LogP contribution in [0.2, 0.25) is 0 Å². The van der Waals surface area contributed by atoms with E-state index in [1.807, 2.05) is 24.3 Å². The number of fused-ring (bicyclic) bond motifs is 1. The third kappa shape index (κ3) is 0.877. The molecule has 1 aromatic heterocycles. The number of para-hydroxylation sites is 1. The van der Waals surface area contributed by atoms with Gasteiger partial charge >= 0.3 is 0 Å². The predicted octanol–water partition coefficient (Wildman–Crippen LogP) is 0.819. The maximum Gasteiger partial charge on any atom is 0.176 e. The van der Waals surface area contributed by atoms with Gasteiger partial charge in [-0.05, 0) is 12.1 Å². The molecule has 1 aromatic carbocycles. The second-order valence-electron chi connectivity index (χ2n) is 2.21. The highest BCUT2D eigenvalue weighted by Gasteiger charge is 1.99. The quantitative estimate of drug-likeness (QED) is 0.601. The molecule has 1 radical (unpaired) electrons. The van der Waals surface area contributed by atoms with E-state index >= 15 is 0 Å². The largest absolute Gasteiger partial charge is 0.216 e. The van der Waals surface area contributed by atoms with Gasteiger partial charge in [-0.3, -0.25) is 0 Å². The zero-order valence-electron chi connectivity index (χ0n) is 5.77. The number of nitrogens with zero attached hydrogens (tertiary/aromatic N) is 3. The Morgan fingerprint density at radius 1 is 1.36 bits per heavy atom. The minimum absolute atomic E-state index is 0.374. The number of benzene rings is 1. The second-order valence-corrected chi connectivity index (χ2v) is 2.21. The minimum atomic E-state index is -0.374. The van der Waals surface area contributed by atoms with Crippen LogP contribution in [-0.2, 0) is 11.8 Å². The van der Waals surface area contributed by atoms with Crippen molar-refractivity contribution in [3.63, 3.8) is 0 Å². The number of rotatable bonds is 1. The molecule has 0 atom stereocenters. The van der Waals surface area contributed by atoms with Crippen molar-refractivity contribution < 1.29 is 5.11 Å². The molecule has 0 spiro atoms. The average molecular weight is 148 g/mol. The first-order chi connectivity index (χ1) is 5.42. The fourth-order valence-electron chi connectivity index (χ4n) is 1.01. The Balaban J connectivity index is 2.76. The molecular weight excluding hydrogens is 142 g/mol. The highest BCUT2D eigenvalue weighted by Crippen LogP contribution is 2.08. The maximum absolute atomic E-state index is 10.5. The SMILES string of the molecule is [O]Cn1nnc2ccccc21. The third-order valence-electron chi connectivity index (χ3n) is 1.54. The Morgan fingerprint density at radius 3 is 3.00 bits per heavy atom. The Morgan fingerprint density at radius 2 is 2.18 bits per heavy atom. The summed E-state index contributed by atoms with van der Waals surface area (Å²) in [5.41, 5.74) is 1.56. The summed E-state index contributed by atoms with van der Waals surface area (Å²) in [6.07, 6.45) is 0. The summed E-state index contributed by atoms with van der Waals surface area (Å²) in [7, 11) is 0. The molecule has 0 N–H and O–H groups in total. The number of hydrogen-bond donors (Lipinski definition) is 0. The standard InChI is InChI=1S/C7H6N3O/c11-5-10-7-4-2-1-3-6(7)8-9-10/h1-4H,5H2. The van der Waals surface area contributed by atoms with Crippen molar-refractivity contribution in [3.05, 3.63) is 24.3 Å². The van der Waals surface area contributed by atoms with Gasteiger partial charge in [-0.1, -0.05) is 17.3 Å². The Bertz CT molecular complexity index is 368. The van der Waals surface area contributed by atoms with Gasteiger partial charge in [0.2, 0.25) is 0 Å². The molecule has 4 nitrogen and oxygen atoms in total. The van der Waals surface area contributed by atoms with Crippen molar-refractivity contribution in [1.82, 2.24) is 15.0 Å². The molecule has 11 heavy (non-hydrogen) atoms. The van der Waals surface area contributed by atoms with E-state index in [0.717, 1.165) is 11.0 Å². The van der Waals surface area contributed by atoms with Crippen molar-refractivity contribution in [2.75, 3.05) is 0 Å². The van der Waals surface area contributed by atoms with E-state index in [2.05, 4.69) is 10.3 Å². The van der Waals surface area contributed by atoms with Crippen molar-refractivity contribution in [3.8, 4) is 0 Å². The zero-order chi connectivity index (χ0) is 7.68. The van der Waals surface area contributed by atoms with E-state index in [4.69, 9.17) is 0 Å². The molecule has 0 amide bonds. The monoisotopic (exact) mass is 148 g/mol. The molecule has 55 valence electrons. The van der Waals surface area contributed by atoms with Crippen LogP contribution < -0.4 is 0 Å². The second kappa shape index (κ2) is 2.32. The average Bonchev–Trinajstić information content (AvgIpc) is 2.47. The molecule has 0 saturated heterocycles. The van der Waals surface area contributed by atoms with Crippen molar-refractivity contribution in [2.24, 2.45) is 0 Å². The lowest BCUT2D eigenvalue weighted by Crippen LogP contribution is -1.96. The fourth-order valence-corrected chi connectivity index (χ4v) is 1.01. The van der Waals surface area contributed by atoms with Crippen LogP contribution in [-0.4, -0.2) is 15.0 Å². The van der Waals surface area contributed by atoms with E-state index in [1.54, 1.807) is 0 Å². The first-order valence-corrected chi connectivity index (χ1v) is 3.28. The summed E-state index contributed by atoms with van der Waals surface area (Å²) in [5.74, 6) is 0. The van der Waals surface area contributed by atoms with E-state index < -0.39 is 0 Å². The van der Waals surface area contributed by atoms with Gasteiger partial charge in [-0.15, -0.1) is 5.10 Å². The zero-order valence-corrected chi connectivity index (χ0v) is 5.77. The molecular formula is C7H6N3O. The minimum Gasteiger partial charge on any atom is -0.216 e. The summed E-state index contributed by atoms with van der Waals surface area (Å²) in [6.45, 7) is -0.374. The van der Waals surface area contributed by atoms with Crippen LogP contribution in [0.1, 0.15) is 0 Å². The van der Waals surface area contributed by atoms with Crippen LogP contribution in [0.15, 0.2) is 24.3 Å². The molecule has 1 heterocycles. The van der Waals surface area contributed by atoms with Crippen LogP contribution in [0.25, 0.3) is 11.0 Å². The van der Waals surface area contributed by atoms with Crippen LogP contribution in [0.3, 0.4) is 0 Å². The third-order valence-corrected chi connectivity index (χ3v) is 1.54. The van der Waals surface area contributed by atoms with Crippen molar-refractivity contribution >= 4 is 11.0 Å². The van der Waals surface area contributed by atoms with E-state index in [9.17, 15) is 5.11 Å². The highest BCUT2D eigenvalue weighted by atomic mass is 16.3. The van der Waals surface area contributed by atoms with Gasteiger partial charge in [-0.2, -0.15) is 0 Å². The Hall–Kier alpha value is -1.42. The number of aromatic nitrogens is 3. The first kappa shape index (κ1) is 6.30. The molecule has 0 aliphatic rings. The van der Waals surface area contributed by atoms with E-state index in [0.29, 0.717) is 0 Å². The van der Waals surface area contributed by atoms with Crippen LogP contribution in [0.4, 0.5) is 0 Å². The van der Waals surface area contributed by atoms with Crippen molar-refractivity contribution in [1.29, 1.82) is 0 Å². The first-order valence-electron chi connectivity index (χ1n) is 3.28. The van der Waals surface area contributed by atoms with Crippen molar-refractivity contribution in [2.45, 2.75) is 6.73 Å². The lowest BCUT2D eigenvalue weighted by atomic mass is 10.3. The van der Waals surface area contributed by atoms with Crippen LogP contribution in [0, 0.1) is 0 Å². The molecule has 0 saturated carbocycles. The molecule has 0 fully saturated rings. The summed E-state index contributed by atoms with van der Waals surface area (Å²) < 4.78 is 1.33. The van der Waals surface area contributed by atoms with E-state index in [1.165, 1.54) is 4.68 Å². The molecule has 2 aromatic rings. The normalized spacial score (nSPS) is 10.6. The summed E-state index contributed by atoms with van der Waals surface area (Å²) in [6, 6.07) is 7.38. The topological polar surface area (TPSA) is 50.6 Å². The molecule has 4 heteroatoms. The Labute approximate surface area is 63.1 Å². The Kier molecular flexibility index (Phi) is 1.33. The summed E-state index contributed by atoms with van der Waals surface area (Å²) in [5, 5.41) is 17.9. The summed E-state index contributed by atoms with van der Waals surface area (Å²) >= 11 is 0.